The van der Waals surface area contributed by atoms with E-state index in [0.29, 0.717) is 0 Å². The van der Waals surface area contributed by atoms with E-state index in [0.717, 1.165) is 25.4 Å². The first kappa shape index (κ1) is 10.5. The Kier molecular flexibility index (Phi) is 7.29. The number of hydrogen-bond acceptors (Lipinski definition) is 1. The lowest BCUT2D eigenvalue weighted by Gasteiger charge is -2.04. The zero-order valence-electron chi connectivity index (χ0n) is 7.91. The molecule has 0 saturated carbocycles. The Hall–Kier alpha value is -0.480. The Labute approximate surface area is 70.6 Å². The SMILES string of the molecule is CC#CCCNCCC(C)C. The fourth-order valence-corrected chi connectivity index (χ4v) is 0.792. The van der Waals surface area contributed by atoms with Crippen LogP contribution in [0.3, 0.4) is 0 Å². The van der Waals surface area contributed by atoms with Gasteiger partial charge >= 0.3 is 0 Å². The lowest BCUT2D eigenvalue weighted by molar-refractivity contribution is 0.542. The van der Waals surface area contributed by atoms with E-state index >= 15 is 0 Å². The van der Waals surface area contributed by atoms with Gasteiger partial charge in [-0.15, -0.1) is 11.8 Å². The summed E-state index contributed by atoms with van der Waals surface area (Å²) in [7, 11) is 0. The minimum Gasteiger partial charge on any atom is -0.316 e. The normalized spacial score (nSPS) is 9.45. The monoisotopic (exact) mass is 153 g/mol. The second kappa shape index (κ2) is 7.63. The van der Waals surface area contributed by atoms with E-state index in [1.165, 1.54) is 6.42 Å². The smallest absolute Gasteiger partial charge is 0.0214 e. The summed E-state index contributed by atoms with van der Waals surface area (Å²) >= 11 is 0. The van der Waals surface area contributed by atoms with Crippen molar-refractivity contribution in [2.24, 2.45) is 5.92 Å². The van der Waals surface area contributed by atoms with E-state index in [2.05, 4.69) is 31.0 Å². The predicted molar refractivity (Wildman–Crippen MR) is 50.4 cm³/mol. The van der Waals surface area contributed by atoms with Gasteiger partial charge in [-0.2, -0.15) is 0 Å². The lowest BCUT2D eigenvalue weighted by Crippen LogP contribution is -2.17. The molecule has 0 rings (SSSR count). The van der Waals surface area contributed by atoms with Gasteiger partial charge in [0.1, 0.15) is 0 Å². The molecule has 1 N–H and O–H groups in total. The van der Waals surface area contributed by atoms with E-state index in [-0.39, 0.29) is 0 Å². The van der Waals surface area contributed by atoms with Crippen molar-refractivity contribution in [1.82, 2.24) is 5.32 Å². The van der Waals surface area contributed by atoms with Gasteiger partial charge in [-0.05, 0) is 25.8 Å². The van der Waals surface area contributed by atoms with Crippen LogP contribution in [0.25, 0.3) is 0 Å². The van der Waals surface area contributed by atoms with Crippen LogP contribution in [0.5, 0.6) is 0 Å². The maximum Gasteiger partial charge on any atom is 0.0214 e. The summed E-state index contributed by atoms with van der Waals surface area (Å²) in [6, 6.07) is 0. The molecule has 0 aromatic heterocycles. The summed E-state index contributed by atoms with van der Waals surface area (Å²) in [5.74, 6) is 6.71. The molecule has 11 heavy (non-hydrogen) atoms. The van der Waals surface area contributed by atoms with Crippen molar-refractivity contribution in [3.8, 4) is 11.8 Å². The van der Waals surface area contributed by atoms with Crippen molar-refractivity contribution in [3.05, 3.63) is 0 Å². The number of rotatable bonds is 5. The Morgan fingerprint density at radius 3 is 2.55 bits per heavy atom. The first-order valence-electron chi connectivity index (χ1n) is 4.37. The van der Waals surface area contributed by atoms with Gasteiger partial charge in [-0.25, -0.2) is 0 Å². The third-order valence-electron chi connectivity index (χ3n) is 1.50. The fraction of sp³-hybridized carbons (Fsp3) is 0.800. The number of hydrogen-bond donors (Lipinski definition) is 1. The second-order valence-electron chi connectivity index (χ2n) is 3.11. The fourth-order valence-electron chi connectivity index (χ4n) is 0.792. The van der Waals surface area contributed by atoms with Crippen molar-refractivity contribution in [2.45, 2.75) is 33.6 Å². The van der Waals surface area contributed by atoms with Crippen LogP contribution in [-0.4, -0.2) is 13.1 Å². The average molecular weight is 153 g/mol. The zero-order valence-corrected chi connectivity index (χ0v) is 7.91. The largest absolute Gasteiger partial charge is 0.316 e. The van der Waals surface area contributed by atoms with Crippen LogP contribution in [0.15, 0.2) is 0 Å². The molecule has 0 atom stereocenters. The molecule has 0 bridgehead atoms. The van der Waals surface area contributed by atoms with Gasteiger partial charge in [0.05, 0.1) is 0 Å². The Bertz CT molecular complexity index is 128. The Morgan fingerprint density at radius 1 is 1.27 bits per heavy atom. The minimum atomic E-state index is 0.805. The van der Waals surface area contributed by atoms with E-state index < -0.39 is 0 Å². The topological polar surface area (TPSA) is 12.0 Å². The summed E-state index contributed by atoms with van der Waals surface area (Å²) in [6.45, 7) is 8.53. The molecule has 0 aromatic carbocycles. The molecule has 0 aliphatic rings. The maximum absolute atomic E-state index is 3.35. The third kappa shape index (κ3) is 9.52. The molecule has 1 nitrogen and oxygen atoms in total. The molecule has 0 aromatic rings. The highest BCUT2D eigenvalue weighted by atomic mass is 14.8. The van der Waals surface area contributed by atoms with Crippen molar-refractivity contribution in [3.63, 3.8) is 0 Å². The van der Waals surface area contributed by atoms with Crippen LogP contribution in [0, 0.1) is 17.8 Å². The van der Waals surface area contributed by atoms with Crippen molar-refractivity contribution in [2.75, 3.05) is 13.1 Å². The van der Waals surface area contributed by atoms with Crippen molar-refractivity contribution >= 4 is 0 Å². The standard InChI is InChI=1S/C10H19N/c1-4-5-6-8-11-9-7-10(2)3/h10-11H,6-9H2,1-3H3. The molecule has 0 spiro atoms. The molecule has 64 valence electrons. The van der Waals surface area contributed by atoms with Gasteiger partial charge < -0.3 is 5.32 Å². The minimum absolute atomic E-state index is 0.805. The summed E-state index contributed by atoms with van der Waals surface area (Å²) in [6.07, 6.45) is 2.24. The molecular formula is C10H19N. The molecule has 0 saturated heterocycles. The van der Waals surface area contributed by atoms with Gasteiger partial charge in [0.25, 0.3) is 0 Å². The van der Waals surface area contributed by atoms with E-state index in [9.17, 15) is 0 Å². The predicted octanol–water partition coefficient (Wildman–Crippen LogP) is 2.04. The summed E-state index contributed by atoms with van der Waals surface area (Å²) in [5, 5.41) is 3.35. The van der Waals surface area contributed by atoms with Crippen molar-refractivity contribution in [1.29, 1.82) is 0 Å². The van der Waals surface area contributed by atoms with Gasteiger partial charge in [-0.1, -0.05) is 13.8 Å². The molecule has 0 fully saturated rings. The van der Waals surface area contributed by atoms with Crippen LogP contribution in [0.4, 0.5) is 0 Å². The highest BCUT2D eigenvalue weighted by Crippen LogP contribution is 1.95. The summed E-state index contributed by atoms with van der Waals surface area (Å²) in [4.78, 5) is 0. The van der Waals surface area contributed by atoms with E-state index in [1.54, 1.807) is 0 Å². The van der Waals surface area contributed by atoms with Crippen LogP contribution >= 0.6 is 0 Å². The average Bonchev–Trinajstić information content (AvgIpc) is 1.96. The molecular weight excluding hydrogens is 134 g/mol. The highest BCUT2D eigenvalue weighted by molar-refractivity contribution is 4.94. The highest BCUT2D eigenvalue weighted by Gasteiger charge is 1.91. The molecule has 0 amide bonds. The maximum atomic E-state index is 3.35. The van der Waals surface area contributed by atoms with Crippen LogP contribution < -0.4 is 5.32 Å². The van der Waals surface area contributed by atoms with E-state index in [1.807, 2.05) is 6.92 Å². The Morgan fingerprint density at radius 2 is 2.00 bits per heavy atom. The number of nitrogens with one attached hydrogen (secondary N) is 1. The van der Waals surface area contributed by atoms with Gasteiger partial charge in [0.15, 0.2) is 0 Å². The molecule has 1 heteroatoms. The zero-order chi connectivity index (χ0) is 8.53. The summed E-state index contributed by atoms with van der Waals surface area (Å²) in [5.41, 5.74) is 0. The lowest BCUT2D eigenvalue weighted by atomic mass is 10.1. The van der Waals surface area contributed by atoms with Crippen LogP contribution in [0.2, 0.25) is 0 Å². The molecule has 0 aliphatic heterocycles. The quantitative estimate of drug-likeness (QED) is 0.471. The first-order chi connectivity index (χ1) is 5.27. The van der Waals surface area contributed by atoms with Gasteiger partial charge in [0.2, 0.25) is 0 Å². The first-order valence-corrected chi connectivity index (χ1v) is 4.37. The Balaban J connectivity index is 2.95. The summed E-state index contributed by atoms with van der Waals surface area (Å²) < 4.78 is 0. The second-order valence-corrected chi connectivity index (χ2v) is 3.11. The van der Waals surface area contributed by atoms with Gasteiger partial charge in [-0.3, -0.25) is 0 Å². The van der Waals surface area contributed by atoms with Gasteiger partial charge in [0, 0.05) is 13.0 Å². The molecule has 0 unspecified atom stereocenters. The molecule has 0 radical (unpaired) electrons. The van der Waals surface area contributed by atoms with Crippen LogP contribution in [-0.2, 0) is 0 Å². The molecule has 0 aliphatic carbocycles. The van der Waals surface area contributed by atoms with Crippen LogP contribution in [0.1, 0.15) is 33.6 Å². The molecule has 0 heterocycles. The van der Waals surface area contributed by atoms with E-state index in [4.69, 9.17) is 0 Å². The third-order valence-corrected chi connectivity index (χ3v) is 1.50. The van der Waals surface area contributed by atoms with Crippen molar-refractivity contribution < 1.29 is 0 Å².